The summed E-state index contributed by atoms with van der Waals surface area (Å²) >= 11 is 12.1. The molecule has 0 aliphatic carbocycles. The van der Waals surface area contributed by atoms with Crippen LogP contribution in [0.5, 0.6) is 0 Å². The number of hydrogen-bond donors (Lipinski definition) is 1. The van der Waals surface area contributed by atoms with Gasteiger partial charge in [-0.1, -0.05) is 29.3 Å². The Hall–Kier alpha value is -0.850. The third kappa shape index (κ3) is 5.41. The fraction of sp³-hybridized carbons (Fsp3) is 0.533. The Labute approximate surface area is 140 Å². The Morgan fingerprint density at radius 2 is 2.27 bits per heavy atom. The smallest absolute Gasteiger partial charge is 0.317 e. The molecule has 1 atom stereocenters. The number of benzene rings is 1. The van der Waals surface area contributed by atoms with Gasteiger partial charge in [-0.05, 0) is 24.7 Å². The summed E-state index contributed by atoms with van der Waals surface area (Å²) in [5.74, 6) is -0.830. The summed E-state index contributed by atoms with van der Waals surface area (Å²) < 4.78 is 5.72. The van der Waals surface area contributed by atoms with Crippen molar-refractivity contribution < 1.29 is 14.6 Å². The van der Waals surface area contributed by atoms with Crippen LogP contribution in [0.3, 0.4) is 0 Å². The van der Waals surface area contributed by atoms with Gasteiger partial charge in [-0.3, -0.25) is 14.6 Å². The summed E-state index contributed by atoms with van der Waals surface area (Å²) in [6.45, 7) is 3.57. The second-order valence-electron chi connectivity index (χ2n) is 5.55. The van der Waals surface area contributed by atoms with Gasteiger partial charge in [-0.25, -0.2) is 0 Å². The van der Waals surface area contributed by atoms with E-state index < -0.39 is 5.97 Å². The lowest BCUT2D eigenvalue weighted by molar-refractivity contribution is -0.138. The van der Waals surface area contributed by atoms with E-state index in [1.807, 2.05) is 12.1 Å². The second-order valence-corrected chi connectivity index (χ2v) is 6.40. The maximum atomic E-state index is 10.7. The van der Waals surface area contributed by atoms with Crippen LogP contribution >= 0.6 is 23.2 Å². The molecular formula is C15H20Cl2N2O3. The first kappa shape index (κ1) is 17.5. The summed E-state index contributed by atoms with van der Waals surface area (Å²) in [5.41, 5.74) is 1.03. The highest BCUT2D eigenvalue weighted by molar-refractivity contribution is 6.35. The molecule has 2 rings (SSSR count). The Kier molecular flexibility index (Phi) is 6.47. The van der Waals surface area contributed by atoms with Crippen LogP contribution in [0.15, 0.2) is 18.2 Å². The number of aliphatic carboxylic acids is 1. The number of morpholine rings is 1. The zero-order chi connectivity index (χ0) is 16.1. The number of hydrogen-bond acceptors (Lipinski definition) is 4. The van der Waals surface area contributed by atoms with E-state index in [1.165, 1.54) is 0 Å². The lowest BCUT2D eigenvalue weighted by Gasteiger charge is -2.34. The van der Waals surface area contributed by atoms with Crippen molar-refractivity contribution in [2.75, 3.05) is 39.8 Å². The van der Waals surface area contributed by atoms with Crippen LogP contribution < -0.4 is 0 Å². The van der Waals surface area contributed by atoms with Crippen molar-refractivity contribution in [1.29, 1.82) is 0 Å². The first-order valence-electron chi connectivity index (χ1n) is 7.12. The molecule has 0 amide bonds. The number of carbonyl (C=O) groups is 1. The van der Waals surface area contributed by atoms with Gasteiger partial charge in [0.15, 0.2) is 0 Å². The molecule has 1 unspecified atom stereocenters. The van der Waals surface area contributed by atoms with Crippen molar-refractivity contribution in [2.45, 2.75) is 12.6 Å². The summed E-state index contributed by atoms with van der Waals surface area (Å²) in [6.07, 6.45) is 0.00387. The highest BCUT2D eigenvalue weighted by atomic mass is 35.5. The molecule has 1 aliphatic rings. The van der Waals surface area contributed by atoms with Crippen molar-refractivity contribution >= 4 is 29.2 Å². The molecule has 5 nitrogen and oxygen atoms in total. The minimum atomic E-state index is -0.830. The predicted molar refractivity (Wildman–Crippen MR) is 86.6 cm³/mol. The van der Waals surface area contributed by atoms with Crippen molar-refractivity contribution in [1.82, 2.24) is 9.80 Å². The topological polar surface area (TPSA) is 53.0 Å². The molecule has 7 heteroatoms. The predicted octanol–water partition coefficient (Wildman–Crippen LogP) is 2.21. The SMILES string of the molecule is CN(CC(=O)O)CC1CN(Cc2ccc(Cl)cc2Cl)CCO1. The highest BCUT2D eigenvalue weighted by Crippen LogP contribution is 2.23. The van der Waals surface area contributed by atoms with E-state index >= 15 is 0 Å². The number of nitrogens with zero attached hydrogens (tertiary/aromatic N) is 2. The van der Waals surface area contributed by atoms with E-state index in [-0.39, 0.29) is 12.6 Å². The maximum Gasteiger partial charge on any atom is 0.317 e. The lowest BCUT2D eigenvalue weighted by Crippen LogP contribution is -2.47. The van der Waals surface area contributed by atoms with Crippen molar-refractivity contribution in [3.8, 4) is 0 Å². The van der Waals surface area contributed by atoms with Crippen LogP contribution in [0.1, 0.15) is 5.56 Å². The van der Waals surface area contributed by atoms with Crippen molar-refractivity contribution in [3.63, 3.8) is 0 Å². The molecule has 1 N–H and O–H groups in total. The standard InChI is InChI=1S/C15H20Cl2N2O3/c1-18(10-15(20)21)8-13-9-19(4-5-22-13)7-11-2-3-12(16)6-14(11)17/h2-3,6,13H,4-5,7-10H2,1H3,(H,20,21). The fourth-order valence-electron chi connectivity index (χ4n) is 2.57. The van der Waals surface area contributed by atoms with Gasteiger partial charge < -0.3 is 9.84 Å². The highest BCUT2D eigenvalue weighted by Gasteiger charge is 2.22. The van der Waals surface area contributed by atoms with Crippen LogP contribution in [0.25, 0.3) is 0 Å². The van der Waals surface area contributed by atoms with Crippen LogP contribution in [-0.4, -0.2) is 66.8 Å². The Morgan fingerprint density at radius 1 is 1.50 bits per heavy atom. The zero-order valence-electron chi connectivity index (χ0n) is 12.5. The number of likely N-dealkylation sites (N-methyl/N-ethyl adjacent to an activating group) is 1. The van der Waals surface area contributed by atoms with Crippen molar-refractivity contribution in [2.24, 2.45) is 0 Å². The van der Waals surface area contributed by atoms with Crippen molar-refractivity contribution in [3.05, 3.63) is 33.8 Å². The number of rotatable bonds is 6. The quantitative estimate of drug-likeness (QED) is 0.855. The number of ether oxygens (including phenoxy) is 1. The average molecular weight is 347 g/mol. The molecule has 1 aliphatic heterocycles. The Morgan fingerprint density at radius 3 is 2.95 bits per heavy atom. The molecule has 22 heavy (non-hydrogen) atoms. The molecule has 0 aromatic heterocycles. The van der Waals surface area contributed by atoms with E-state index in [0.717, 1.165) is 25.2 Å². The molecular weight excluding hydrogens is 327 g/mol. The molecule has 0 radical (unpaired) electrons. The molecule has 1 fully saturated rings. The Bertz CT molecular complexity index is 528. The average Bonchev–Trinajstić information content (AvgIpc) is 2.41. The Balaban J connectivity index is 1.89. The maximum absolute atomic E-state index is 10.7. The molecule has 1 saturated heterocycles. The van der Waals surface area contributed by atoms with Gasteiger partial charge in [0.1, 0.15) is 0 Å². The second kappa shape index (κ2) is 8.13. The number of carboxylic acid groups (broad SMARTS) is 1. The first-order chi connectivity index (χ1) is 10.4. The van der Waals surface area contributed by atoms with E-state index in [0.29, 0.717) is 23.2 Å². The minimum absolute atomic E-state index is 0.00387. The van der Waals surface area contributed by atoms with Gasteiger partial charge in [0, 0.05) is 36.2 Å². The van der Waals surface area contributed by atoms with E-state index in [4.69, 9.17) is 33.0 Å². The monoisotopic (exact) mass is 346 g/mol. The summed E-state index contributed by atoms with van der Waals surface area (Å²) in [6, 6.07) is 5.52. The third-order valence-corrected chi connectivity index (χ3v) is 4.14. The third-order valence-electron chi connectivity index (χ3n) is 3.55. The fourth-order valence-corrected chi connectivity index (χ4v) is 3.04. The number of halogens is 2. The van der Waals surface area contributed by atoms with Gasteiger partial charge in [0.25, 0.3) is 0 Å². The number of carboxylic acids is 1. The van der Waals surface area contributed by atoms with E-state index in [1.54, 1.807) is 18.0 Å². The molecule has 1 aromatic carbocycles. The first-order valence-corrected chi connectivity index (χ1v) is 7.88. The molecule has 1 heterocycles. The van der Waals surface area contributed by atoms with Gasteiger partial charge >= 0.3 is 5.97 Å². The molecule has 0 saturated carbocycles. The largest absolute Gasteiger partial charge is 0.480 e. The normalized spacial score (nSPS) is 19.5. The van der Waals surface area contributed by atoms with E-state index in [9.17, 15) is 4.79 Å². The van der Waals surface area contributed by atoms with Crippen LogP contribution in [0, 0.1) is 0 Å². The van der Waals surface area contributed by atoms with Gasteiger partial charge in [-0.15, -0.1) is 0 Å². The van der Waals surface area contributed by atoms with Gasteiger partial charge in [0.05, 0.1) is 19.3 Å². The minimum Gasteiger partial charge on any atom is -0.480 e. The lowest BCUT2D eigenvalue weighted by atomic mass is 10.2. The summed E-state index contributed by atoms with van der Waals surface area (Å²) in [4.78, 5) is 14.7. The van der Waals surface area contributed by atoms with Gasteiger partial charge in [-0.2, -0.15) is 0 Å². The molecule has 1 aromatic rings. The van der Waals surface area contributed by atoms with Crippen LogP contribution in [0.2, 0.25) is 10.0 Å². The van der Waals surface area contributed by atoms with Crippen LogP contribution in [-0.2, 0) is 16.1 Å². The van der Waals surface area contributed by atoms with E-state index in [2.05, 4.69) is 4.90 Å². The molecule has 0 bridgehead atoms. The molecule has 122 valence electrons. The summed E-state index contributed by atoms with van der Waals surface area (Å²) in [7, 11) is 1.78. The van der Waals surface area contributed by atoms with Crippen LogP contribution in [0.4, 0.5) is 0 Å². The summed E-state index contributed by atoms with van der Waals surface area (Å²) in [5, 5.41) is 10.1. The van der Waals surface area contributed by atoms with Gasteiger partial charge in [0.2, 0.25) is 0 Å². The zero-order valence-corrected chi connectivity index (χ0v) is 14.0. The molecule has 0 spiro atoms.